The Bertz CT molecular complexity index is 814. The molecule has 0 unspecified atom stereocenters. The molecule has 1 aromatic heterocycles. The maximum Gasteiger partial charge on any atom is 0.311 e. The van der Waals surface area contributed by atoms with Gasteiger partial charge >= 0.3 is 5.97 Å². The number of hydrogen-bond donors (Lipinski definition) is 2. The first-order valence-corrected chi connectivity index (χ1v) is 10.1. The van der Waals surface area contributed by atoms with Crippen molar-refractivity contribution in [3.8, 4) is 0 Å². The minimum Gasteiger partial charge on any atom is -0.481 e. The normalized spacial score (nSPS) is 25.5. The molecule has 1 amide bonds. The van der Waals surface area contributed by atoms with Crippen molar-refractivity contribution in [3.63, 3.8) is 0 Å². The lowest BCUT2D eigenvalue weighted by molar-refractivity contribution is -0.149. The van der Waals surface area contributed by atoms with E-state index in [9.17, 15) is 23.1 Å². The monoisotopic (exact) mass is 384 g/mol. The van der Waals surface area contributed by atoms with E-state index in [1.165, 1.54) is 6.20 Å². The highest BCUT2D eigenvalue weighted by molar-refractivity contribution is 7.89. The van der Waals surface area contributed by atoms with Gasteiger partial charge in [-0.25, -0.2) is 18.1 Å². The largest absolute Gasteiger partial charge is 0.481 e. The summed E-state index contributed by atoms with van der Waals surface area (Å²) in [6, 6.07) is 0. The molecule has 9 nitrogen and oxygen atoms in total. The third kappa shape index (κ3) is 3.23. The summed E-state index contributed by atoms with van der Waals surface area (Å²) in [7, 11) is -2.07. The molecule has 26 heavy (non-hydrogen) atoms. The Morgan fingerprint density at radius 1 is 1.46 bits per heavy atom. The number of nitrogens with one attached hydrogen (secondary N) is 1. The summed E-state index contributed by atoms with van der Waals surface area (Å²) < 4.78 is 28.4. The summed E-state index contributed by atoms with van der Waals surface area (Å²) in [4.78, 5) is 29.6. The molecule has 3 rings (SSSR count). The molecule has 0 bridgehead atoms. The molecule has 2 aliphatic rings. The van der Waals surface area contributed by atoms with Crippen LogP contribution in [-0.2, 0) is 26.7 Å². The highest BCUT2D eigenvalue weighted by atomic mass is 32.2. The number of carboxylic acids is 1. The van der Waals surface area contributed by atoms with E-state index < -0.39 is 21.4 Å². The number of aliphatic carboxylic acids is 1. The van der Waals surface area contributed by atoms with Gasteiger partial charge in [0, 0.05) is 39.3 Å². The van der Waals surface area contributed by atoms with Gasteiger partial charge in [0.15, 0.2) is 5.03 Å². The van der Waals surface area contributed by atoms with E-state index in [2.05, 4.69) is 9.71 Å². The van der Waals surface area contributed by atoms with E-state index in [1.807, 2.05) is 0 Å². The summed E-state index contributed by atoms with van der Waals surface area (Å²) in [5.41, 5.74) is -0.819. The van der Waals surface area contributed by atoms with Crippen molar-refractivity contribution < 1.29 is 23.1 Å². The predicted molar refractivity (Wildman–Crippen MR) is 91.7 cm³/mol. The second-order valence-electron chi connectivity index (χ2n) is 7.21. The van der Waals surface area contributed by atoms with Crippen LogP contribution in [0, 0.1) is 18.3 Å². The van der Waals surface area contributed by atoms with Crippen LogP contribution in [0.1, 0.15) is 31.5 Å². The summed E-state index contributed by atoms with van der Waals surface area (Å²) >= 11 is 0. The summed E-state index contributed by atoms with van der Waals surface area (Å²) in [5.74, 6) is -0.484. The molecule has 1 saturated heterocycles. The van der Waals surface area contributed by atoms with Crippen LogP contribution in [0.25, 0.3) is 0 Å². The quantitative estimate of drug-likeness (QED) is 0.718. The van der Waals surface area contributed by atoms with Gasteiger partial charge in [-0.2, -0.15) is 0 Å². The van der Waals surface area contributed by atoms with Crippen molar-refractivity contribution in [2.45, 2.75) is 37.6 Å². The summed E-state index contributed by atoms with van der Waals surface area (Å²) in [6.07, 6.45) is 3.71. The fraction of sp³-hybridized carbons (Fsp3) is 0.688. The Kier molecular flexibility index (Phi) is 4.82. The maximum absolute atomic E-state index is 12.4. The lowest BCUT2D eigenvalue weighted by Gasteiger charge is -2.23. The third-order valence-corrected chi connectivity index (χ3v) is 6.97. The fourth-order valence-corrected chi connectivity index (χ4v) is 5.08. The minimum atomic E-state index is -3.77. The molecule has 0 radical (unpaired) electrons. The topological polar surface area (TPSA) is 122 Å². The van der Waals surface area contributed by atoms with E-state index in [4.69, 9.17) is 0 Å². The lowest BCUT2D eigenvalue weighted by Crippen LogP contribution is -2.38. The Hall–Kier alpha value is -1.94. The Morgan fingerprint density at radius 2 is 2.19 bits per heavy atom. The van der Waals surface area contributed by atoms with Crippen LogP contribution >= 0.6 is 0 Å². The zero-order valence-electron chi connectivity index (χ0n) is 14.9. The van der Waals surface area contributed by atoms with Gasteiger partial charge in [0.05, 0.1) is 5.41 Å². The lowest BCUT2D eigenvalue weighted by atomic mass is 9.81. The van der Waals surface area contributed by atoms with Crippen LogP contribution in [0.4, 0.5) is 0 Å². The molecule has 1 saturated carbocycles. The first-order valence-electron chi connectivity index (χ1n) is 8.66. The van der Waals surface area contributed by atoms with Crippen molar-refractivity contribution in [1.82, 2.24) is 19.2 Å². The average Bonchev–Trinajstić information content (AvgIpc) is 3.20. The van der Waals surface area contributed by atoms with E-state index in [0.29, 0.717) is 18.8 Å². The molecular weight excluding hydrogens is 360 g/mol. The molecule has 1 aliphatic carbocycles. The Labute approximate surface area is 152 Å². The van der Waals surface area contributed by atoms with Crippen molar-refractivity contribution in [1.29, 1.82) is 0 Å². The van der Waals surface area contributed by atoms with E-state index >= 15 is 0 Å². The molecule has 2 atom stereocenters. The smallest absolute Gasteiger partial charge is 0.311 e. The highest BCUT2D eigenvalue weighted by Gasteiger charge is 2.55. The second kappa shape index (κ2) is 6.66. The molecule has 1 aromatic rings. The van der Waals surface area contributed by atoms with Gasteiger partial charge in [-0.3, -0.25) is 9.59 Å². The van der Waals surface area contributed by atoms with Crippen LogP contribution in [-0.4, -0.2) is 59.5 Å². The number of aryl methyl sites for hydroxylation is 2. The van der Waals surface area contributed by atoms with Gasteiger partial charge in [-0.05, 0) is 25.7 Å². The number of fused-ring (bicyclic) bond motifs is 1. The van der Waals surface area contributed by atoms with Gasteiger partial charge < -0.3 is 14.6 Å². The molecule has 2 N–H and O–H groups in total. The molecule has 0 aromatic carbocycles. The second-order valence-corrected chi connectivity index (χ2v) is 8.92. The molecule has 1 aliphatic heterocycles. The summed E-state index contributed by atoms with van der Waals surface area (Å²) in [5, 5.41) is 9.49. The van der Waals surface area contributed by atoms with Crippen LogP contribution in [0.2, 0.25) is 0 Å². The summed E-state index contributed by atoms with van der Waals surface area (Å²) in [6.45, 7) is 2.32. The standard InChI is InChI=1S/C16H24N4O5S/c1-11-18-13(9-19(11)2)26(24,25)17-7-5-14(21)20-8-12-4-3-6-16(12,10-20)15(22)23/h9,12,17H,3-8,10H2,1-2H3,(H,22,23)/t12-,16+/m0/s1. The van der Waals surface area contributed by atoms with E-state index in [0.717, 1.165) is 12.8 Å². The number of sulfonamides is 1. The number of aromatic nitrogens is 2. The average molecular weight is 384 g/mol. The highest BCUT2D eigenvalue weighted by Crippen LogP contribution is 2.48. The van der Waals surface area contributed by atoms with Crippen molar-refractivity contribution in [2.75, 3.05) is 19.6 Å². The zero-order valence-corrected chi connectivity index (χ0v) is 15.8. The van der Waals surface area contributed by atoms with Gasteiger partial charge in [0.25, 0.3) is 10.0 Å². The molecule has 0 spiro atoms. The maximum atomic E-state index is 12.4. The predicted octanol–water partition coefficient (Wildman–Crippen LogP) is 0.110. The minimum absolute atomic E-state index is 0.00265. The number of imidazole rings is 1. The SMILES string of the molecule is Cc1nc(S(=O)(=O)NCCC(=O)N2C[C@@H]3CCC[C@@]3(C(=O)O)C2)cn1C. The van der Waals surface area contributed by atoms with E-state index in [1.54, 1.807) is 23.4 Å². The van der Waals surface area contributed by atoms with Crippen molar-refractivity contribution in [2.24, 2.45) is 18.4 Å². The zero-order chi connectivity index (χ0) is 19.1. The van der Waals surface area contributed by atoms with E-state index in [-0.39, 0.29) is 36.4 Å². The van der Waals surface area contributed by atoms with Crippen LogP contribution < -0.4 is 4.72 Å². The van der Waals surface area contributed by atoms with Crippen molar-refractivity contribution >= 4 is 21.9 Å². The van der Waals surface area contributed by atoms with Crippen LogP contribution in [0.5, 0.6) is 0 Å². The Balaban J connectivity index is 1.56. The first-order chi connectivity index (χ1) is 12.2. The fourth-order valence-electron chi connectivity index (χ4n) is 4.01. The molecule has 2 fully saturated rings. The van der Waals surface area contributed by atoms with Gasteiger partial charge in [0.2, 0.25) is 5.91 Å². The number of likely N-dealkylation sites (tertiary alicyclic amines) is 1. The number of carbonyl (C=O) groups is 2. The molecule has 144 valence electrons. The van der Waals surface area contributed by atoms with Crippen LogP contribution in [0.3, 0.4) is 0 Å². The molecule has 2 heterocycles. The van der Waals surface area contributed by atoms with Gasteiger partial charge in [-0.15, -0.1) is 0 Å². The number of amides is 1. The number of rotatable bonds is 6. The third-order valence-electron chi connectivity index (χ3n) is 5.64. The first kappa shape index (κ1) is 18.8. The molecular formula is C16H24N4O5S. The van der Waals surface area contributed by atoms with Gasteiger partial charge in [-0.1, -0.05) is 6.42 Å². The molecule has 10 heteroatoms. The van der Waals surface area contributed by atoms with Gasteiger partial charge in [0.1, 0.15) is 5.82 Å². The number of hydrogen-bond acceptors (Lipinski definition) is 5. The van der Waals surface area contributed by atoms with Crippen molar-refractivity contribution in [3.05, 3.63) is 12.0 Å². The Morgan fingerprint density at radius 3 is 2.77 bits per heavy atom. The number of carbonyl (C=O) groups excluding carboxylic acids is 1. The number of nitrogens with zero attached hydrogens (tertiary/aromatic N) is 3. The van der Waals surface area contributed by atoms with Crippen LogP contribution in [0.15, 0.2) is 11.2 Å². The number of carboxylic acid groups (broad SMARTS) is 1.